The number of carbonyl (C=O) groups excluding carboxylic acids is 1. The Bertz CT molecular complexity index is 657. The molecule has 8 heteroatoms. The largest absolute Gasteiger partial charge is 0.493 e. The number of aliphatic imine (C=N–C) groups is 1. The number of methoxy groups -OCH3 is 2. The molecule has 0 atom stereocenters. The van der Waals surface area contributed by atoms with Crippen LogP contribution in [0.1, 0.15) is 19.4 Å². The number of rotatable bonds is 8. The van der Waals surface area contributed by atoms with Gasteiger partial charge in [0, 0.05) is 52.7 Å². The zero-order valence-electron chi connectivity index (χ0n) is 17.5. The molecule has 2 rings (SSSR count). The standard InChI is InChI=1S/C20H33N5O3/c1-5-21-20(22-8-9-24-10-12-25(13-11-24)16(2)26)23-15-17-6-7-18(27-3)19(14-17)28-4/h6-7,14H,5,8-13,15H2,1-4H3,(H2,21,22,23). The predicted octanol–water partition coefficient (Wildman–Crippen LogP) is 0.923. The molecule has 1 aliphatic heterocycles. The van der Waals surface area contributed by atoms with E-state index in [0.29, 0.717) is 18.0 Å². The Hall–Kier alpha value is -2.48. The maximum Gasteiger partial charge on any atom is 0.219 e. The van der Waals surface area contributed by atoms with Gasteiger partial charge in [-0.2, -0.15) is 0 Å². The normalized spacial score (nSPS) is 15.3. The Morgan fingerprint density at radius 2 is 1.82 bits per heavy atom. The number of nitrogens with zero attached hydrogens (tertiary/aromatic N) is 3. The number of carbonyl (C=O) groups is 1. The number of hydrogen-bond acceptors (Lipinski definition) is 5. The van der Waals surface area contributed by atoms with Crippen LogP contribution in [0.2, 0.25) is 0 Å². The lowest BCUT2D eigenvalue weighted by atomic mass is 10.2. The number of guanidine groups is 1. The number of piperazine rings is 1. The second-order valence-corrected chi connectivity index (χ2v) is 6.66. The fourth-order valence-corrected chi connectivity index (χ4v) is 3.11. The highest BCUT2D eigenvalue weighted by molar-refractivity contribution is 5.79. The molecule has 28 heavy (non-hydrogen) atoms. The molecule has 1 amide bonds. The minimum Gasteiger partial charge on any atom is -0.493 e. The van der Waals surface area contributed by atoms with E-state index >= 15 is 0 Å². The van der Waals surface area contributed by atoms with Gasteiger partial charge in [-0.1, -0.05) is 6.07 Å². The highest BCUT2D eigenvalue weighted by Gasteiger charge is 2.17. The van der Waals surface area contributed by atoms with Gasteiger partial charge < -0.3 is 25.0 Å². The summed E-state index contributed by atoms with van der Waals surface area (Å²) in [6, 6.07) is 5.83. The minimum atomic E-state index is 0.162. The molecule has 0 spiro atoms. The van der Waals surface area contributed by atoms with Crippen LogP contribution in [0, 0.1) is 0 Å². The average molecular weight is 392 g/mol. The van der Waals surface area contributed by atoms with Gasteiger partial charge in [0.05, 0.1) is 20.8 Å². The number of benzene rings is 1. The van der Waals surface area contributed by atoms with Crippen LogP contribution in [0.3, 0.4) is 0 Å². The quantitative estimate of drug-likeness (QED) is 0.507. The van der Waals surface area contributed by atoms with Gasteiger partial charge in [0.15, 0.2) is 17.5 Å². The molecule has 156 valence electrons. The van der Waals surface area contributed by atoms with Crippen molar-refractivity contribution in [2.24, 2.45) is 4.99 Å². The highest BCUT2D eigenvalue weighted by atomic mass is 16.5. The van der Waals surface area contributed by atoms with E-state index in [2.05, 4.69) is 27.4 Å². The van der Waals surface area contributed by atoms with Crippen LogP contribution in [-0.4, -0.2) is 81.7 Å². The van der Waals surface area contributed by atoms with Crippen molar-refractivity contribution in [3.05, 3.63) is 23.8 Å². The first-order chi connectivity index (χ1) is 13.6. The van der Waals surface area contributed by atoms with Gasteiger partial charge in [0.1, 0.15) is 0 Å². The van der Waals surface area contributed by atoms with E-state index < -0.39 is 0 Å². The van der Waals surface area contributed by atoms with Gasteiger partial charge >= 0.3 is 0 Å². The maximum atomic E-state index is 11.4. The monoisotopic (exact) mass is 391 g/mol. The molecule has 0 radical (unpaired) electrons. The topological polar surface area (TPSA) is 78.4 Å². The number of amides is 1. The SMILES string of the molecule is CCNC(=NCc1ccc(OC)c(OC)c1)NCCN1CCN(C(C)=O)CC1. The smallest absolute Gasteiger partial charge is 0.219 e. The Morgan fingerprint density at radius 1 is 1.11 bits per heavy atom. The van der Waals surface area contributed by atoms with Crippen LogP contribution in [0.4, 0.5) is 0 Å². The Morgan fingerprint density at radius 3 is 2.43 bits per heavy atom. The van der Waals surface area contributed by atoms with E-state index in [0.717, 1.165) is 57.3 Å². The molecule has 1 aromatic rings. The van der Waals surface area contributed by atoms with Gasteiger partial charge in [-0.05, 0) is 24.6 Å². The van der Waals surface area contributed by atoms with E-state index in [4.69, 9.17) is 9.47 Å². The fraction of sp³-hybridized carbons (Fsp3) is 0.600. The Balaban J connectivity index is 1.83. The van der Waals surface area contributed by atoms with E-state index in [1.807, 2.05) is 23.1 Å². The summed E-state index contributed by atoms with van der Waals surface area (Å²) < 4.78 is 10.6. The van der Waals surface area contributed by atoms with E-state index in [-0.39, 0.29) is 5.91 Å². The molecular formula is C20H33N5O3. The first kappa shape index (κ1) is 21.8. The van der Waals surface area contributed by atoms with Crippen LogP contribution in [-0.2, 0) is 11.3 Å². The molecule has 0 saturated carbocycles. The second-order valence-electron chi connectivity index (χ2n) is 6.66. The zero-order valence-corrected chi connectivity index (χ0v) is 17.5. The lowest BCUT2D eigenvalue weighted by Crippen LogP contribution is -2.50. The van der Waals surface area contributed by atoms with Crippen molar-refractivity contribution in [2.45, 2.75) is 20.4 Å². The van der Waals surface area contributed by atoms with Crippen molar-refractivity contribution in [3.63, 3.8) is 0 Å². The first-order valence-corrected chi connectivity index (χ1v) is 9.78. The second kappa shape index (κ2) is 11.4. The van der Waals surface area contributed by atoms with Gasteiger partial charge in [0.2, 0.25) is 5.91 Å². The summed E-state index contributed by atoms with van der Waals surface area (Å²) in [7, 11) is 3.26. The molecule has 0 bridgehead atoms. The van der Waals surface area contributed by atoms with E-state index in [1.165, 1.54) is 0 Å². The minimum absolute atomic E-state index is 0.162. The van der Waals surface area contributed by atoms with Crippen molar-refractivity contribution < 1.29 is 14.3 Å². The summed E-state index contributed by atoms with van der Waals surface area (Å²) in [5.41, 5.74) is 1.05. The van der Waals surface area contributed by atoms with E-state index in [1.54, 1.807) is 21.1 Å². The van der Waals surface area contributed by atoms with E-state index in [9.17, 15) is 4.79 Å². The third kappa shape index (κ3) is 6.60. The van der Waals surface area contributed by atoms with Crippen molar-refractivity contribution in [2.75, 3.05) is 60.0 Å². The molecule has 1 aromatic carbocycles. The third-order valence-corrected chi connectivity index (χ3v) is 4.75. The molecule has 1 heterocycles. The lowest BCUT2D eigenvalue weighted by molar-refractivity contribution is -0.130. The van der Waals surface area contributed by atoms with Crippen molar-refractivity contribution in [3.8, 4) is 11.5 Å². The zero-order chi connectivity index (χ0) is 20.4. The summed E-state index contributed by atoms with van der Waals surface area (Å²) in [4.78, 5) is 20.3. The fourth-order valence-electron chi connectivity index (χ4n) is 3.11. The molecule has 0 aliphatic carbocycles. The molecule has 1 fully saturated rings. The highest BCUT2D eigenvalue weighted by Crippen LogP contribution is 2.27. The van der Waals surface area contributed by atoms with Gasteiger partial charge in [-0.25, -0.2) is 4.99 Å². The first-order valence-electron chi connectivity index (χ1n) is 9.78. The van der Waals surface area contributed by atoms with Crippen LogP contribution in [0.15, 0.2) is 23.2 Å². The van der Waals surface area contributed by atoms with Crippen LogP contribution in [0.5, 0.6) is 11.5 Å². The van der Waals surface area contributed by atoms with Crippen molar-refractivity contribution in [1.82, 2.24) is 20.4 Å². The molecule has 0 unspecified atom stereocenters. The predicted molar refractivity (Wildman–Crippen MR) is 111 cm³/mol. The molecule has 0 aromatic heterocycles. The molecule has 2 N–H and O–H groups in total. The lowest BCUT2D eigenvalue weighted by Gasteiger charge is -2.34. The van der Waals surface area contributed by atoms with Crippen LogP contribution < -0.4 is 20.1 Å². The third-order valence-electron chi connectivity index (χ3n) is 4.75. The molecule has 8 nitrogen and oxygen atoms in total. The summed E-state index contributed by atoms with van der Waals surface area (Å²) in [5.74, 6) is 2.37. The van der Waals surface area contributed by atoms with Crippen molar-refractivity contribution in [1.29, 1.82) is 0 Å². The number of hydrogen-bond donors (Lipinski definition) is 2. The summed E-state index contributed by atoms with van der Waals surface area (Å²) in [6.45, 7) is 10.2. The summed E-state index contributed by atoms with van der Waals surface area (Å²) in [6.07, 6.45) is 0. The number of nitrogens with one attached hydrogen (secondary N) is 2. The van der Waals surface area contributed by atoms with Gasteiger partial charge in [-0.3, -0.25) is 9.69 Å². The number of ether oxygens (including phenoxy) is 2. The molecule has 1 aliphatic rings. The average Bonchev–Trinajstić information content (AvgIpc) is 2.72. The Kier molecular flexibility index (Phi) is 8.87. The van der Waals surface area contributed by atoms with Gasteiger partial charge in [0.25, 0.3) is 0 Å². The maximum absolute atomic E-state index is 11.4. The van der Waals surface area contributed by atoms with Gasteiger partial charge in [-0.15, -0.1) is 0 Å². The molecule has 1 saturated heterocycles. The van der Waals surface area contributed by atoms with Crippen LogP contribution >= 0.6 is 0 Å². The molecular weight excluding hydrogens is 358 g/mol. The van der Waals surface area contributed by atoms with Crippen LogP contribution in [0.25, 0.3) is 0 Å². The van der Waals surface area contributed by atoms with Crippen molar-refractivity contribution >= 4 is 11.9 Å². The summed E-state index contributed by atoms with van der Waals surface area (Å²) in [5, 5.41) is 6.66. The summed E-state index contributed by atoms with van der Waals surface area (Å²) >= 11 is 0. The Labute approximate surface area is 167 Å².